The number of nitrogens with zero attached hydrogens (tertiary/aromatic N) is 2. The molecule has 6 nitrogen and oxygen atoms in total. The molecule has 1 aromatic heterocycles. The Hall–Kier alpha value is -2.63. The second kappa shape index (κ2) is 6.86. The molecule has 1 heterocycles. The van der Waals surface area contributed by atoms with Crippen LogP contribution in [0.2, 0.25) is 0 Å². The topological polar surface area (TPSA) is 73.2 Å². The molecule has 0 bridgehead atoms. The van der Waals surface area contributed by atoms with Crippen LogP contribution in [0.15, 0.2) is 41.2 Å². The van der Waals surface area contributed by atoms with Crippen molar-refractivity contribution in [2.24, 2.45) is 0 Å². The molecule has 0 spiro atoms. The zero-order valence-electron chi connectivity index (χ0n) is 13.9. The third-order valence-corrected chi connectivity index (χ3v) is 4.02. The van der Waals surface area contributed by atoms with Crippen molar-refractivity contribution in [3.05, 3.63) is 52.4 Å². The Kier molecular flexibility index (Phi) is 4.64. The number of carbonyl (C=O) groups excluding carboxylic acids is 1. The second-order valence-corrected chi connectivity index (χ2v) is 5.94. The fraction of sp³-hybridized carbons (Fsp3) is 0.389. The lowest BCUT2D eigenvalue weighted by Crippen LogP contribution is -2.33. The van der Waals surface area contributed by atoms with Gasteiger partial charge in [-0.3, -0.25) is 9.59 Å². The fourth-order valence-corrected chi connectivity index (χ4v) is 2.47. The van der Waals surface area contributed by atoms with E-state index in [4.69, 9.17) is 4.74 Å². The van der Waals surface area contributed by atoms with E-state index < -0.39 is 6.04 Å². The summed E-state index contributed by atoms with van der Waals surface area (Å²) >= 11 is 0. The quantitative estimate of drug-likeness (QED) is 0.885. The Morgan fingerprint density at radius 1 is 1.29 bits per heavy atom. The molecule has 1 unspecified atom stereocenters. The molecule has 1 aromatic carbocycles. The van der Waals surface area contributed by atoms with Gasteiger partial charge in [0.25, 0.3) is 5.56 Å². The molecule has 3 rings (SSSR count). The van der Waals surface area contributed by atoms with Gasteiger partial charge in [0.15, 0.2) is 0 Å². The number of ether oxygens (including phenoxy) is 1. The van der Waals surface area contributed by atoms with Crippen molar-refractivity contribution in [2.75, 3.05) is 11.9 Å². The maximum Gasteiger partial charge on any atom is 0.267 e. The van der Waals surface area contributed by atoms with E-state index in [1.165, 1.54) is 10.7 Å². The number of nitrogens with one attached hydrogen (secondary N) is 1. The van der Waals surface area contributed by atoms with Crippen molar-refractivity contribution in [3.63, 3.8) is 0 Å². The van der Waals surface area contributed by atoms with E-state index in [0.717, 1.165) is 24.3 Å². The van der Waals surface area contributed by atoms with E-state index >= 15 is 0 Å². The first kappa shape index (κ1) is 16.2. The molecule has 126 valence electrons. The van der Waals surface area contributed by atoms with Gasteiger partial charge in [-0.1, -0.05) is 0 Å². The minimum Gasteiger partial charge on any atom is -0.494 e. The van der Waals surface area contributed by atoms with Gasteiger partial charge in [-0.15, -0.1) is 0 Å². The van der Waals surface area contributed by atoms with Crippen molar-refractivity contribution < 1.29 is 9.53 Å². The van der Waals surface area contributed by atoms with Gasteiger partial charge in [0.1, 0.15) is 11.8 Å². The summed E-state index contributed by atoms with van der Waals surface area (Å²) in [6.07, 6.45) is 2.19. The van der Waals surface area contributed by atoms with Crippen LogP contribution >= 0.6 is 0 Å². The van der Waals surface area contributed by atoms with Gasteiger partial charge in [-0.2, -0.15) is 5.10 Å². The SMILES string of the molecule is CCOc1ccc(NC(=O)C(C)n2nc(C3CC3)ccc2=O)cc1. The predicted octanol–water partition coefficient (Wildman–Crippen LogP) is 2.72. The highest BCUT2D eigenvalue weighted by molar-refractivity contribution is 5.93. The van der Waals surface area contributed by atoms with Crippen molar-refractivity contribution >= 4 is 11.6 Å². The zero-order valence-corrected chi connectivity index (χ0v) is 13.9. The standard InChI is InChI=1S/C18H21N3O3/c1-3-24-15-8-6-14(7-9-15)19-18(23)12(2)21-17(22)11-10-16(20-21)13-4-5-13/h6-13H,3-5H2,1-2H3,(H,19,23). The number of hydrogen-bond donors (Lipinski definition) is 1. The number of hydrogen-bond acceptors (Lipinski definition) is 4. The Morgan fingerprint density at radius 3 is 2.62 bits per heavy atom. The highest BCUT2D eigenvalue weighted by Gasteiger charge is 2.27. The largest absolute Gasteiger partial charge is 0.494 e. The van der Waals surface area contributed by atoms with Crippen molar-refractivity contribution in [2.45, 2.75) is 38.6 Å². The van der Waals surface area contributed by atoms with Gasteiger partial charge in [0, 0.05) is 17.7 Å². The van der Waals surface area contributed by atoms with Crippen molar-refractivity contribution in [3.8, 4) is 5.75 Å². The van der Waals surface area contributed by atoms with Gasteiger partial charge in [-0.25, -0.2) is 4.68 Å². The van der Waals surface area contributed by atoms with E-state index in [1.807, 2.05) is 6.92 Å². The summed E-state index contributed by atoms with van der Waals surface area (Å²) in [4.78, 5) is 24.5. The summed E-state index contributed by atoms with van der Waals surface area (Å²) in [7, 11) is 0. The monoisotopic (exact) mass is 327 g/mol. The van der Waals surface area contributed by atoms with E-state index in [9.17, 15) is 9.59 Å². The first-order chi connectivity index (χ1) is 11.6. The summed E-state index contributed by atoms with van der Waals surface area (Å²) < 4.78 is 6.63. The molecule has 1 atom stereocenters. The van der Waals surface area contributed by atoms with Crippen molar-refractivity contribution in [1.82, 2.24) is 9.78 Å². The summed E-state index contributed by atoms with van der Waals surface area (Å²) in [5.74, 6) is 0.901. The van der Waals surface area contributed by atoms with Gasteiger partial charge < -0.3 is 10.1 Å². The lowest BCUT2D eigenvalue weighted by Gasteiger charge is -2.15. The summed E-state index contributed by atoms with van der Waals surface area (Å²) in [6, 6.07) is 9.69. The molecule has 1 saturated carbocycles. The van der Waals surface area contributed by atoms with Crippen LogP contribution in [-0.4, -0.2) is 22.3 Å². The van der Waals surface area contributed by atoms with Crippen LogP contribution in [0.25, 0.3) is 0 Å². The number of benzene rings is 1. The zero-order chi connectivity index (χ0) is 17.1. The summed E-state index contributed by atoms with van der Waals surface area (Å²) in [5.41, 5.74) is 1.27. The number of anilines is 1. The van der Waals surface area contributed by atoms with E-state index in [2.05, 4.69) is 10.4 Å². The van der Waals surface area contributed by atoms with Gasteiger partial charge in [-0.05, 0) is 57.0 Å². The number of rotatable bonds is 6. The van der Waals surface area contributed by atoms with Crippen molar-refractivity contribution in [1.29, 1.82) is 0 Å². The van der Waals surface area contributed by atoms with Crippen LogP contribution in [0.4, 0.5) is 5.69 Å². The Balaban J connectivity index is 1.72. The van der Waals surface area contributed by atoms with Crippen LogP contribution in [0.5, 0.6) is 5.75 Å². The third-order valence-electron chi connectivity index (χ3n) is 4.02. The maximum absolute atomic E-state index is 12.4. The minimum absolute atomic E-state index is 0.270. The molecule has 1 N–H and O–H groups in total. The maximum atomic E-state index is 12.4. The molecular formula is C18H21N3O3. The van der Waals surface area contributed by atoms with Crippen LogP contribution < -0.4 is 15.6 Å². The summed E-state index contributed by atoms with van der Waals surface area (Å²) in [6.45, 7) is 4.18. The smallest absolute Gasteiger partial charge is 0.267 e. The molecule has 0 aliphatic heterocycles. The second-order valence-electron chi connectivity index (χ2n) is 5.94. The van der Waals surface area contributed by atoms with E-state index in [0.29, 0.717) is 18.2 Å². The molecular weight excluding hydrogens is 306 g/mol. The van der Waals surface area contributed by atoms with Gasteiger partial charge >= 0.3 is 0 Å². The molecule has 2 aromatic rings. The molecule has 0 saturated heterocycles. The number of carbonyl (C=O) groups is 1. The van der Waals surface area contributed by atoms with Crippen LogP contribution in [0.3, 0.4) is 0 Å². The molecule has 1 fully saturated rings. The first-order valence-corrected chi connectivity index (χ1v) is 8.22. The van der Waals surface area contributed by atoms with E-state index in [1.54, 1.807) is 37.3 Å². The van der Waals surface area contributed by atoms with Gasteiger partial charge in [0.05, 0.1) is 12.3 Å². The average molecular weight is 327 g/mol. The molecule has 24 heavy (non-hydrogen) atoms. The lowest BCUT2D eigenvalue weighted by molar-refractivity contribution is -0.119. The minimum atomic E-state index is -0.678. The summed E-state index contributed by atoms with van der Waals surface area (Å²) in [5, 5.41) is 7.17. The third kappa shape index (κ3) is 3.64. The molecule has 1 aliphatic carbocycles. The number of amides is 1. The van der Waals surface area contributed by atoms with Crippen LogP contribution in [0.1, 0.15) is 44.3 Å². The van der Waals surface area contributed by atoms with Crippen LogP contribution in [-0.2, 0) is 4.79 Å². The number of aromatic nitrogens is 2. The average Bonchev–Trinajstić information content (AvgIpc) is 3.42. The Morgan fingerprint density at radius 2 is 2.00 bits per heavy atom. The predicted molar refractivity (Wildman–Crippen MR) is 91.4 cm³/mol. The highest BCUT2D eigenvalue weighted by atomic mass is 16.5. The fourth-order valence-electron chi connectivity index (χ4n) is 2.47. The van der Waals surface area contributed by atoms with E-state index in [-0.39, 0.29) is 11.5 Å². The Labute approximate surface area is 140 Å². The van der Waals surface area contributed by atoms with Gasteiger partial charge in [0.2, 0.25) is 5.91 Å². The Bertz CT molecular complexity index is 779. The van der Waals surface area contributed by atoms with Crippen LogP contribution in [0, 0.1) is 0 Å². The highest BCUT2D eigenvalue weighted by Crippen LogP contribution is 2.38. The molecule has 1 aliphatic rings. The first-order valence-electron chi connectivity index (χ1n) is 8.22. The molecule has 6 heteroatoms. The molecule has 0 radical (unpaired) electrons. The lowest BCUT2D eigenvalue weighted by atomic mass is 10.2. The molecule has 1 amide bonds. The normalized spacial score (nSPS) is 14.9.